The Labute approximate surface area is 189 Å². The summed E-state index contributed by atoms with van der Waals surface area (Å²) in [4.78, 5) is 16.6. The zero-order chi connectivity index (χ0) is 22.7. The number of nitrogens with zero attached hydrogens (tertiary/aromatic N) is 1. The summed E-state index contributed by atoms with van der Waals surface area (Å²) in [6, 6.07) is 16.9. The van der Waals surface area contributed by atoms with Crippen LogP contribution in [0.1, 0.15) is 22.3 Å². The Morgan fingerprint density at radius 1 is 1.12 bits per heavy atom. The molecule has 1 heterocycles. The average Bonchev–Trinajstić information content (AvgIpc) is 3.13. The van der Waals surface area contributed by atoms with E-state index in [1.165, 1.54) is 19.2 Å². The molecule has 0 aliphatic carbocycles. The quantitative estimate of drug-likeness (QED) is 0.355. The third-order valence-electron chi connectivity index (χ3n) is 4.75. The van der Waals surface area contributed by atoms with Gasteiger partial charge in [0.25, 0.3) is 0 Å². The molecule has 0 unspecified atom stereocenters. The summed E-state index contributed by atoms with van der Waals surface area (Å²) >= 11 is 6.41. The van der Waals surface area contributed by atoms with E-state index in [-0.39, 0.29) is 29.0 Å². The number of carbonyl (C=O) groups excluding carboxylic acids is 1. The van der Waals surface area contributed by atoms with Gasteiger partial charge >= 0.3 is 5.97 Å². The summed E-state index contributed by atoms with van der Waals surface area (Å²) in [5.74, 6) is 0.0323. The van der Waals surface area contributed by atoms with Crippen molar-refractivity contribution in [1.29, 1.82) is 0 Å². The van der Waals surface area contributed by atoms with Gasteiger partial charge in [0.05, 0.1) is 12.1 Å². The highest BCUT2D eigenvalue weighted by Gasteiger charge is 2.24. The van der Waals surface area contributed by atoms with Gasteiger partial charge in [0.15, 0.2) is 17.2 Å². The summed E-state index contributed by atoms with van der Waals surface area (Å²) in [6.07, 6.45) is 1.56. The van der Waals surface area contributed by atoms with Crippen molar-refractivity contribution in [3.63, 3.8) is 0 Å². The van der Waals surface area contributed by atoms with Crippen LogP contribution in [0.4, 0.5) is 4.39 Å². The number of halogens is 2. The van der Waals surface area contributed by atoms with E-state index < -0.39 is 5.97 Å². The van der Waals surface area contributed by atoms with Crippen molar-refractivity contribution in [3.05, 3.63) is 99.5 Å². The predicted octanol–water partition coefficient (Wildman–Crippen LogP) is 5.72. The maximum Gasteiger partial charge on any atom is 0.363 e. The molecule has 0 amide bonds. The van der Waals surface area contributed by atoms with Crippen molar-refractivity contribution in [2.75, 3.05) is 7.11 Å². The molecule has 0 N–H and O–H groups in total. The van der Waals surface area contributed by atoms with Crippen LogP contribution in [0.2, 0.25) is 5.02 Å². The van der Waals surface area contributed by atoms with Gasteiger partial charge in [0.2, 0.25) is 5.90 Å². The fraction of sp³-hybridized carbons (Fsp3) is 0.120. The standard InChI is InChI=1S/C25H19ClFNO4/c1-15-6-8-18(9-7-15)24-28-21(25(29)32-24)12-17-11-20(26)23(22(13-17)30-2)31-14-16-4-3-5-19(27)10-16/h3-13H,14H2,1-2H3/b21-12-. The highest BCUT2D eigenvalue weighted by atomic mass is 35.5. The maximum absolute atomic E-state index is 13.4. The molecule has 32 heavy (non-hydrogen) atoms. The molecule has 0 aromatic heterocycles. The second-order valence-corrected chi connectivity index (χ2v) is 7.56. The van der Waals surface area contributed by atoms with Crippen molar-refractivity contribution >= 4 is 29.5 Å². The minimum absolute atomic E-state index is 0.116. The molecule has 0 atom stereocenters. The van der Waals surface area contributed by atoms with Gasteiger partial charge in [-0.1, -0.05) is 41.4 Å². The van der Waals surface area contributed by atoms with Gasteiger partial charge in [0.1, 0.15) is 12.4 Å². The molecule has 0 spiro atoms. The molecule has 3 aromatic carbocycles. The first kappa shape index (κ1) is 21.6. The number of aryl methyl sites for hydroxylation is 1. The van der Waals surface area contributed by atoms with Crippen molar-refractivity contribution in [1.82, 2.24) is 0 Å². The van der Waals surface area contributed by atoms with E-state index in [9.17, 15) is 9.18 Å². The smallest absolute Gasteiger partial charge is 0.363 e. The number of hydrogen-bond acceptors (Lipinski definition) is 5. The van der Waals surface area contributed by atoms with E-state index in [0.717, 1.165) is 5.56 Å². The highest BCUT2D eigenvalue weighted by Crippen LogP contribution is 2.38. The number of hydrogen-bond donors (Lipinski definition) is 0. The minimum atomic E-state index is -0.554. The van der Waals surface area contributed by atoms with Gasteiger partial charge < -0.3 is 14.2 Å². The molecule has 162 valence electrons. The second-order valence-electron chi connectivity index (χ2n) is 7.15. The van der Waals surface area contributed by atoms with Crippen LogP contribution >= 0.6 is 11.6 Å². The Morgan fingerprint density at radius 3 is 2.62 bits per heavy atom. The summed E-state index contributed by atoms with van der Waals surface area (Å²) < 4.78 is 29.9. The van der Waals surface area contributed by atoms with Gasteiger partial charge in [-0.25, -0.2) is 14.2 Å². The van der Waals surface area contributed by atoms with Crippen LogP contribution < -0.4 is 9.47 Å². The number of esters is 1. The van der Waals surface area contributed by atoms with Gasteiger partial charge in [-0.3, -0.25) is 0 Å². The second kappa shape index (κ2) is 9.24. The molecule has 0 radical (unpaired) electrons. The van der Waals surface area contributed by atoms with Crippen molar-refractivity contribution in [2.24, 2.45) is 4.99 Å². The molecule has 7 heteroatoms. The maximum atomic E-state index is 13.4. The fourth-order valence-corrected chi connectivity index (χ4v) is 3.41. The average molecular weight is 452 g/mol. The summed E-state index contributed by atoms with van der Waals surface area (Å²) in [6.45, 7) is 2.09. The van der Waals surface area contributed by atoms with Gasteiger partial charge in [0, 0.05) is 5.56 Å². The Morgan fingerprint density at radius 2 is 1.91 bits per heavy atom. The van der Waals surface area contributed by atoms with Crippen molar-refractivity contribution < 1.29 is 23.4 Å². The van der Waals surface area contributed by atoms with Gasteiger partial charge in [-0.2, -0.15) is 0 Å². The summed E-state index contributed by atoms with van der Waals surface area (Å²) in [5, 5.41) is 0.279. The molecule has 4 rings (SSSR count). The third-order valence-corrected chi connectivity index (χ3v) is 5.03. The minimum Gasteiger partial charge on any atom is -0.493 e. The van der Waals surface area contributed by atoms with Crippen molar-refractivity contribution in [3.8, 4) is 11.5 Å². The Hall–Kier alpha value is -3.64. The Kier molecular flexibility index (Phi) is 6.23. The van der Waals surface area contributed by atoms with Crippen LogP contribution in [0.15, 0.2) is 71.4 Å². The van der Waals surface area contributed by atoms with Crippen LogP contribution in [0.25, 0.3) is 6.08 Å². The van der Waals surface area contributed by atoms with Gasteiger partial charge in [-0.15, -0.1) is 0 Å². The molecule has 0 saturated heterocycles. The van der Waals surface area contributed by atoms with Gasteiger partial charge in [-0.05, 0) is 60.5 Å². The number of carbonyl (C=O) groups is 1. The molecule has 0 bridgehead atoms. The molecule has 0 saturated carbocycles. The largest absolute Gasteiger partial charge is 0.493 e. The van der Waals surface area contributed by atoms with Crippen LogP contribution in [0.3, 0.4) is 0 Å². The molecule has 0 fully saturated rings. The molecular weight excluding hydrogens is 433 g/mol. The lowest BCUT2D eigenvalue weighted by Crippen LogP contribution is -2.05. The number of aliphatic imine (C=N–C) groups is 1. The van der Waals surface area contributed by atoms with Crippen LogP contribution in [0, 0.1) is 12.7 Å². The first-order valence-corrected chi connectivity index (χ1v) is 10.1. The zero-order valence-electron chi connectivity index (χ0n) is 17.4. The first-order chi connectivity index (χ1) is 15.4. The predicted molar refractivity (Wildman–Crippen MR) is 121 cm³/mol. The van der Waals surface area contributed by atoms with E-state index in [2.05, 4.69) is 4.99 Å². The zero-order valence-corrected chi connectivity index (χ0v) is 18.2. The lowest BCUT2D eigenvalue weighted by molar-refractivity contribution is -0.129. The number of ether oxygens (including phenoxy) is 3. The van der Waals surface area contributed by atoms with E-state index >= 15 is 0 Å². The SMILES string of the molecule is COc1cc(/C=C2\N=C(c3ccc(C)cc3)OC2=O)cc(Cl)c1OCc1cccc(F)c1. The Balaban J connectivity index is 1.59. The van der Waals surface area contributed by atoms with E-state index in [0.29, 0.717) is 28.2 Å². The molecule has 1 aliphatic heterocycles. The molecule has 5 nitrogen and oxygen atoms in total. The molecular formula is C25H19ClFNO4. The van der Waals surface area contributed by atoms with E-state index in [4.69, 9.17) is 25.8 Å². The van der Waals surface area contributed by atoms with E-state index in [1.807, 2.05) is 31.2 Å². The monoisotopic (exact) mass is 451 g/mol. The topological polar surface area (TPSA) is 57.1 Å². The highest BCUT2D eigenvalue weighted by molar-refractivity contribution is 6.32. The number of benzene rings is 3. The molecule has 1 aliphatic rings. The normalized spacial score (nSPS) is 14.3. The first-order valence-electron chi connectivity index (χ1n) is 9.77. The third kappa shape index (κ3) is 4.81. The number of methoxy groups -OCH3 is 1. The number of cyclic esters (lactones) is 1. The summed E-state index contributed by atoms with van der Waals surface area (Å²) in [7, 11) is 1.48. The van der Waals surface area contributed by atoms with Crippen LogP contribution in [-0.2, 0) is 16.1 Å². The van der Waals surface area contributed by atoms with Crippen LogP contribution in [-0.4, -0.2) is 19.0 Å². The fourth-order valence-electron chi connectivity index (χ4n) is 3.13. The lowest BCUT2D eigenvalue weighted by atomic mass is 10.1. The van der Waals surface area contributed by atoms with Crippen LogP contribution in [0.5, 0.6) is 11.5 Å². The Bertz CT molecular complexity index is 1240. The summed E-state index contributed by atoms with van der Waals surface area (Å²) in [5.41, 5.74) is 3.19. The van der Waals surface area contributed by atoms with Crippen molar-refractivity contribution in [2.45, 2.75) is 13.5 Å². The van der Waals surface area contributed by atoms with E-state index in [1.54, 1.807) is 30.3 Å². The lowest BCUT2D eigenvalue weighted by Gasteiger charge is -2.13. The number of rotatable bonds is 6. The molecule has 3 aromatic rings.